The summed E-state index contributed by atoms with van der Waals surface area (Å²) in [7, 11) is 0. The van der Waals surface area contributed by atoms with Crippen LogP contribution in [-0.2, 0) is 9.59 Å². The van der Waals surface area contributed by atoms with Gasteiger partial charge in [0.2, 0.25) is 11.8 Å². The van der Waals surface area contributed by atoms with E-state index in [4.69, 9.17) is 4.42 Å². The zero-order valence-corrected chi connectivity index (χ0v) is 10.3. The van der Waals surface area contributed by atoms with E-state index < -0.39 is 5.91 Å². The molecule has 7 heteroatoms. The highest BCUT2D eigenvalue weighted by Crippen LogP contribution is 2.02. The highest BCUT2D eigenvalue weighted by molar-refractivity contribution is 5.94. The predicted molar refractivity (Wildman–Crippen MR) is 65.2 cm³/mol. The number of hydrogen-bond donors (Lipinski definition) is 3. The molecule has 0 saturated carbocycles. The molecule has 1 aliphatic heterocycles. The van der Waals surface area contributed by atoms with Crippen molar-refractivity contribution >= 4 is 17.7 Å². The first kappa shape index (κ1) is 13.1. The van der Waals surface area contributed by atoms with E-state index in [-0.39, 0.29) is 30.2 Å². The minimum atomic E-state index is -0.433. The van der Waals surface area contributed by atoms with Crippen LogP contribution in [0.5, 0.6) is 0 Å². The molecule has 1 fully saturated rings. The van der Waals surface area contributed by atoms with Crippen LogP contribution in [-0.4, -0.2) is 36.9 Å². The van der Waals surface area contributed by atoms with Gasteiger partial charge in [-0.2, -0.15) is 0 Å². The summed E-state index contributed by atoms with van der Waals surface area (Å²) in [6, 6.07) is 3.04. The van der Waals surface area contributed by atoms with E-state index in [1.165, 1.54) is 12.3 Å². The Kier molecular flexibility index (Phi) is 4.17. The first-order valence-electron chi connectivity index (χ1n) is 6.03. The predicted octanol–water partition coefficient (Wildman–Crippen LogP) is -0.596. The maximum Gasteiger partial charge on any atom is 0.287 e. The second-order valence-corrected chi connectivity index (χ2v) is 4.27. The Labute approximate surface area is 109 Å². The third-order valence-corrected chi connectivity index (χ3v) is 2.79. The number of amides is 3. The Balaban J connectivity index is 1.70. The van der Waals surface area contributed by atoms with Crippen molar-refractivity contribution in [3.63, 3.8) is 0 Å². The zero-order chi connectivity index (χ0) is 13.7. The van der Waals surface area contributed by atoms with Crippen LogP contribution in [0.4, 0.5) is 0 Å². The lowest BCUT2D eigenvalue weighted by molar-refractivity contribution is -0.125. The lowest BCUT2D eigenvalue weighted by Crippen LogP contribution is -2.50. The van der Waals surface area contributed by atoms with Gasteiger partial charge in [0, 0.05) is 19.0 Å². The molecule has 0 aliphatic carbocycles. The summed E-state index contributed by atoms with van der Waals surface area (Å²) >= 11 is 0. The molecule has 1 aromatic rings. The number of furan rings is 1. The van der Waals surface area contributed by atoms with Crippen molar-refractivity contribution in [3.05, 3.63) is 24.2 Å². The van der Waals surface area contributed by atoms with Gasteiger partial charge in [0.1, 0.15) is 0 Å². The normalized spacial score (nSPS) is 18.5. The Hall–Kier alpha value is -2.31. The van der Waals surface area contributed by atoms with Crippen molar-refractivity contribution in [1.82, 2.24) is 16.0 Å². The van der Waals surface area contributed by atoms with E-state index >= 15 is 0 Å². The Morgan fingerprint density at radius 3 is 2.95 bits per heavy atom. The molecule has 1 saturated heterocycles. The van der Waals surface area contributed by atoms with Gasteiger partial charge in [-0.3, -0.25) is 14.4 Å². The fraction of sp³-hybridized carbons (Fsp3) is 0.417. The Bertz CT molecular complexity index is 459. The third kappa shape index (κ3) is 3.84. The molecule has 2 rings (SSSR count). The molecule has 1 aliphatic rings. The van der Waals surface area contributed by atoms with Gasteiger partial charge < -0.3 is 20.4 Å². The first-order valence-corrected chi connectivity index (χ1v) is 6.03. The minimum absolute atomic E-state index is 0.00313. The average molecular weight is 265 g/mol. The summed E-state index contributed by atoms with van der Waals surface area (Å²) in [6.07, 6.45) is 2.41. The van der Waals surface area contributed by atoms with E-state index in [1.54, 1.807) is 6.07 Å². The summed E-state index contributed by atoms with van der Waals surface area (Å²) in [4.78, 5) is 34.1. The largest absolute Gasteiger partial charge is 0.459 e. The number of piperidine rings is 1. The number of rotatable bonds is 4. The summed E-state index contributed by atoms with van der Waals surface area (Å²) in [5, 5.41) is 7.86. The minimum Gasteiger partial charge on any atom is -0.459 e. The molecular weight excluding hydrogens is 250 g/mol. The zero-order valence-electron chi connectivity index (χ0n) is 10.3. The molecule has 0 bridgehead atoms. The van der Waals surface area contributed by atoms with Gasteiger partial charge in [-0.25, -0.2) is 0 Å². The highest BCUT2D eigenvalue weighted by atomic mass is 16.3. The van der Waals surface area contributed by atoms with E-state index in [1.807, 2.05) is 0 Å². The van der Waals surface area contributed by atoms with Crippen LogP contribution in [0.1, 0.15) is 23.4 Å². The highest BCUT2D eigenvalue weighted by Gasteiger charge is 2.19. The second-order valence-electron chi connectivity index (χ2n) is 4.27. The summed E-state index contributed by atoms with van der Waals surface area (Å²) in [6.45, 7) is 0.306. The monoisotopic (exact) mass is 265 g/mol. The average Bonchev–Trinajstić information content (AvgIpc) is 2.93. The lowest BCUT2D eigenvalue weighted by Gasteiger charge is -2.23. The number of hydrogen-bond acceptors (Lipinski definition) is 4. The summed E-state index contributed by atoms with van der Waals surface area (Å²) in [5.74, 6) is -0.562. The van der Waals surface area contributed by atoms with Gasteiger partial charge in [-0.15, -0.1) is 0 Å². The van der Waals surface area contributed by atoms with Crippen LogP contribution in [0.3, 0.4) is 0 Å². The molecule has 2 heterocycles. The quantitative estimate of drug-likeness (QED) is 0.677. The van der Waals surface area contributed by atoms with Gasteiger partial charge >= 0.3 is 0 Å². The first-order chi connectivity index (χ1) is 9.15. The molecule has 1 unspecified atom stereocenters. The molecule has 3 N–H and O–H groups in total. The van der Waals surface area contributed by atoms with E-state index in [9.17, 15) is 14.4 Å². The molecule has 0 radical (unpaired) electrons. The van der Waals surface area contributed by atoms with Gasteiger partial charge in [0.05, 0.1) is 12.8 Å². The summed E-state index contributed by atoms with van der Waals surface area (Å²) in [5.41, 5.74) is 0. The van der Waals surface area contributed by atoms with Crippen molar-refractivity contribution in [1.29, 1.82) is 0 Å². The van der Waals surface area contributed by atoms with Gasteiger partial charge in [0.25, 0.3) is 5.91 Å². The molecule has 3 amide bonds. The molecule has 1 aromatic heterocycles. The third-order valence-electron chi connectivity index (χ3n) is 2.79. The SMILES string of the molecule is O=C1CCC(NC(=O)CNC(=O)c2ccco2)CN1. The van der Waals surface area contributed by atoms with Crippen molar-refractivity contribution in [2.45, 2.75) is 18.9 Å². The van der Waals surface area contributed by atoms with Crippen LogP contribution >= 0.6 is 0 Å². The van der Waals surface area contributed by atoms with Gasteiger partial charge in [-0.05, 0) is 18.6 Å². The molecule has 7 nitrogen and oxygen atoms in total. The number of carbonyl (C=O) groups excluding carboxylic acids is 3. The maximum absolute atomic E-state index is 11.6. The van der Waals surface area contributed by atoms with Crippen molar-refractivity contribution in [2.24, 2.45) is 0 Å². The standard InChI is InChI=1S/C12H15N3O4/c16-10-4-3-8(6-13-10)15-11(17)7-14-12(18)9-2-1-5-19-9/h1-2,5,8H,3-4,6-7H2,(H,13,16)(H,14,18)(H,15,17). The molecule has 1 atom stereocenters. The number of nitrogens with one attached hydrogen (secondary N) is 3. The topological polar surface area (TPSA) is 100 Å². The Morgan fingerprint density at radius 2 is 2.32 bits per heavy atom. The molecule has 19 heavy (non-hydrogen) atoms. The van der Waals surface area contributed by atoms with Crippen molar-refractivity contribution < 1.29 is 18.8 Å². The van der Waals surface area contributed by atoms with Crippen molar-refractivity contribution in [3.8, 4) is 0 Å². The molecule has 102 valence electrons. The number of carbonyl (C=O) groups is 3. The maximum atomic E-state index is 11.6. The van der Waals surface area contributed by atoms with Crippen molar-refractivity contribution in [2.75, 3.05) is 13.1 Å². The van der Waals surface area contributed by atoms with E-state index in [0.29, 0.717) is 19.4 Å². The van der Waals surface area contributed by atoms with Crippen LogP contribution in [0.15, 0.2) is 22.8 Å². The molecular formula is C12H15N3O4. The molecule has 0 aromatic carbocycles. The fourth-order valence-electron chi connectivity index (χ4n) is 1.79. The Morgan fingerprint density at radius 1 is 1.47 bits per heavy atom. The lowest BCUT2D eigenvalue weighted by atomic mass is 10.1. The fourth-order valence-corrected chi connectivity index (χ4v) is 1.79. The van der Waals surface area contributed by atoms with Crippen LogP contribution in [0, 0.1) is 0 Å². The van der Waals surface area contributed by atoms with Crippen LogP contribution < -0.4 is 16.0 Å². The van der Waals surface area contributed by atoms with E-state index in [0.717, 1.165) is 0 Å². The van der Waals surface area contributed by atoms with Crippen LogP contribution in [0.2, 0.25) is 0 Å². The van der Waals surface area contributed by atoms with Crippen LogP contribution in [0.25, 0.3) is 0 Å². The molecule has 0 spiro atoms. The second kappa shape index (κ2) is 6.03. The summed E-state index contributed by atoms with van der Waals surface area (Å²) < 4.78 is 4.90. The van der Waals surface area contributed by atoms with Gasteiger partial charge in [0.15, 0.2) is 5.76 Å². The van der Waals surface area contributed by atoms with Gasteiger partial charge in [-0.1, -0.05) is 0 Å². The smallest absolute Gasteiger partial charge is 0.287 e. The van der Waals surface area contributed by atoms with E-state index in [2.05, 4.69) is 16.0 Å².